The quantitative estimate of drug-likeness (QED) is 0.509. The van der Waals surface area contributed by atoms with Gasteiger partial charge in [-0.15, -0.1) is 6.42 Å². The number of phosphoric acid groups is 1. The number of rotatable bonds is 6. The highest BCUT2D eigenvalue weighted by molar-refractivity contribution is 7.48. The summed E-state index contributed by atoms with van der Waals surface area (Å²) >= 11 is 0. The molecule has 0 aliphatic carbocycles. The van der Waals surface area contributed by atoms with Gasteiger partial charge >= 0.3 is 7.82 Å². The number of hydrogen-bond acceptors (Lipinski definition) is 4. The van der Waals surface area contributed by atoms with Crippen LogP contribution in [0, 0.1) is 12.3 Å². The van der Waals surface area contributed by atoms with Gasteiger partial charge in [0.1, 0.15) is 6.61 Å². The van der Waals surface area contributed by atoms with E-state index in [1.165, 1.54) is 0 Å². The van der Waals surface area contributed by atoms with Crippen molar-refractivity contribution in [3.8, 4) is 12.3 Å². The van der Waals surface area contributed by atoms with E-state index in [0.717, 1.165) is 0 Å². The Balaban J connectivity index is 4.35. The lowest BCUT2D eigenvalue weighted by Gasteiger charge is -2.20. The fourth-order valence-corrected chi connectivity index (χ4v) is 2.16. The Morgan fingerprint density at radius 1 is 1.21 bits per heavy atom. The topological polar surface area (TPSA) is 44.8 Å². The SMILES string of the molecule is C#CCOP(=O)(OC(C)C)OC(C)C. The second kappa shape index (κ2) is 6.21. The molecule has 5 heteroatoms. The molecule has 4 nitrogen and oxygen atoms in total. The van der Waals surface area contributed by atoms with Crippen molar-refractivity contribution in [2.45, 2.75) is 39.9 Å². The van der Waals surface area contributed by atoms with Crippen LogP contribution in [-0.4, -0.2) is 18.8 Å². The molecule has 0 amide bonds. The van der Waals surface area contributed by atoms with Crippen LogP contribution in [0.2, 0.25) is 0 Å². The highest BCUT2D eigenvalue weighted by Crippen LogP contribution is 2.51. The third kappa shape index (κ3) is 6.17. The molecule has 0 N–H and O–H groups in total. The van der Waals surface area contributed by atoms with Gasteiger partial charge < -0.3 is 0 Å². The van der Waals surface area contributed by atoms with Crippen LogP contribution >= 0.6 is 7.82 Å². The number of terminal acetylenes is 1. The molecule has 0 aliphatic heterocycles. The van der Waals surface area contributed by atoms with Crippen LogP contribution in [0.15, 0.2) is 0 Å². The zero-order chi connectivity index (χ0) is 11.2. The summed E-state index contributed by atoms with van der Waals surface area (Å²) in [4.78, 5) is 0. The average molecular weight is 220 g/mol. The summed E-state index contributed by atoms with van der Waals surface area (Å²) in [5.41, 5.74) is 0. The summed E-state index contributed by atoms with van der Waals surface area (Å²) in [5.74, 6) is 2.22. The van der Waals surface area contributed by atoms with Crippen LogP contribution in [0.4, 0.5) is 0 Å². The van der Waals surface area contributed by atoms with Gasteiger partial charge in [-0.05, 0) is 27.7 Å². The fraction of sp³-hybridized carbons (Fsp3) is 0.778. The van der Waals surface area contributed by atoms with Crippen molar-refractivity contribution in [3.05, 3.63) is 0 Å². The molecule has 0 aromatic carbocycles. The average Bonchev–Trinajstić information content (AvgIpc) is 1.97. The van der Waals surface area contributed by atoms with Crippen molar-refractivity contribution in [2.75, 3.05) is 6.61 Å². The monoisotopic (exact) mass is 220 g/mol. The minimum Gasteiger partial charge on any atom is -0.284 e. The van der Waals surface area contributed by atoms with Gasteiger partial charge in [-0.25, -0.2) is 4.57 Å². The standard InChI is InChI=1S/C9H17O4P/c1-6-7-11-14(10,12-8(2)3)13-9(4)5/h1,8-9H,7H2,2-5H3. The van der Waals surface area contributed by atoms with Gasteiger partial charge in [0.2, 0.25) is 0 Å². The molecule has 0 aromatic heterocycles. The molecular weight excluding hydrogens is 203 g/mol. The van der Waals surface area contributed by atoms with E-state index in [1.54, 1.807) is 27.7 Å². The second-order valence-electron chi connectivity index (χ2n) is 3.23. The van der Waals surface area contributed by atoms with Gasteiger partial charge in [-0.3, -0.25) is 13.6 Å². The molecule has 0 bridgehead atoms. The first-order valence-electron chi connectivity index (χ1n) is 4.44. The third-order valence-corrected chi connectivity index (χ3v) is 2.79. The Morgan fingerprint density at radius 3 is 1.93 bits per heavy atom. The molecule has 0 radical (unpaired) electrons. The van der Waals surface area contributed by atoms with Crippen LogP contribution in [0.3, 0.4) is 0 Å². The first-order chi connectivity index (χ1) is 6.39. The van der Waals surface area contributed by atoms with Gasteiger partial charge in [0, 0.05) is 0 Å². The predicted octanol–water partition coefficient (Wildman–Crippen LogP) is 2.59. The maximum absolute atomic E-state index is 11.8. The van der Waals surface area contributed by atoms with Gasteiger partial charge in [-0.1, -0.05) is 5.92 Å². The molecule has 0 fully saturated rings. The van der Waals surface area contributed by atoms with Crippen molar-refractivity contribution >= 4 is 7.82 Å². The maximum Gasteiger partial charge on any atom is 0.476 e. The molecule has 0 atom stereocenters. The Kier molecular flexibility index (Phi) is 6.06. The first-order valence-corrected chi connectivity index (χ1v) is 5.90. The third-order valence-electron chi connectivity index (χ3n) is 0.986. The lowest BCUT2D eigenvalue weighted by Crippen LogP contribution is -2.10. The zero-order valence-electron chi connectivity index (χ0n) is 9.02. The zero-order valence-corrected chi connectivity index (χ0v) is 9.91. The van der Waals surface area contributed by atoms with Crippen molar-refractivity contribution < 1.29 is 18.1 Å². The molecule has 0 unspecified atom stereocenters. The molecular formula is C9H17O4P. The minimum absolute atomic E-state index is 0.0866. The molecule has 0 saturated carbocycles. The fourth-order valence-electron chi connectivity index (χ4n) is 0.718. The summed E-state index contributed by atoms with van der Waals surface area (Å²) in [6, 6.07) is 0. The molecule has 0 heterocycles. The highest BCUT2D eigenvalue weighted by atomic mass is 31.2. The Morgan fingerprint density at radius 2 is 1.64 bits per heavy atom. The summed E-state index contributed by atoms with van der Waals surface area (Å²) in [6.45, 7) is 6.90. The normalized spacial score (nSPS) is 12.1. The van der Waals surface area contributed by atoms with Gasteiger partial charge in [0.25, 0.3) is 0 Å². The first kappa shape index (κ1) is 13.7. The van der Waals surface area contributed by atoms with E-state index in [2.05, 4.69) is 5.92 Å². The number of phosphoric ester groups is 1. The van der Waals surface area contributed by atoms with Crippen LogP contribution < -0.4 is 0 Å². The van der Waals surface area contributed by atoms with Crippen molar-refractivity contribution in [3.63, 3.8) is 0 Å². The van der Waals surface area contributed by atoms with E-state index in [0.29, 0.717) is 0 Å². The minimum atomic E-state index is -3.49. The van der Waals surface area contributed by atoms with Crippen molar-refractivity contribution in [1.29, 1.82) is 0 Å². The summed E-state index contributed by atoms with van der Waals surface area (Å²) in [6.07, 6.45) is 4.51. The van der Waals surface area contributed by atoms with Crippen LogP contribution in [0.1, 0.15) is 27.7 Å². The van der Waals surface area contributed by atoms with Crippen molar-refractivity contribution in [2.24, 2.45) is 0 Å². The van der Waals surface area contributed by atoms with Gasteiger partial charge in [-0.2, -0.15) is 0 Å². The van der Waals surface area contributed by atoms with E-state index in [-0.39, 0.29) is 18.8 Å². The highest BCUT2D eigenvalue weighted by Gasteiger charge is 2.29. The number of hydrogen-bond donors (Lipinski definition) is 0. The van der Waals surface area contributed by atoms with Crippen molar-refractivity contribution in [1.82, 2.24) is 0 Å². The smallest absolute Gasteiger partial charge is 0.284 e. The Labute approximate surface area is 85.5 Å². The van der Waals surface area contributed by atoms with Crippen LogP contribution in [0.25, 0.3) is 0 Å². The molecule has 0 aromatic rings. The largest absolute Gasteiger partial charge is 0.476 e. The maximum atomic E-state index is 11.8. The van der Waals surface area contributed by atoms with Crippen LogP contribution in [0.5, 0.6) is 0 Å². The van der Waals surface area contributed by atoms with Crippen LogP contribution in [-0.2, 0) is 18.1 Å². The van der Waals surface area contributed by atoms with Gasteiger partial charge in [0.15, 0.2) is 0 Å². The molecule has 14 heavy (non-hydrogen) atoms. The van der Waals surface area contributed by atoms with E-state index in [9.17, 15) is 4.57 Å². The lowest BCUT2D eigenvalue weighted by molar-refractivity contribution is 0.0792. The molecule has 0 saturated heterocycles. The molecule has 0 spiro atoms. The van der Waals surface area contributed by atoms with E-state index in [4.69, 9.17) is 20.0 Å². The molecule has 82 valence electrons. The summed E-state index contributed by atoms with van der Waals surface area (Å²) in [7, 11) is -3.49. The van der Waals surface area contributed by atoms with Gasteiger partial charge in [0.05, 0.1) is 12.2 Å². The van der Waals surface area contributed by atoms with E-state index < -0.39 is 7.82 Å². The Hall–Kier alpha value is -0.330. The van der Waals surface area contributed by atoms with E-state index >= 15 is 0 Å². The summed E-state index contributed by atoms with van der Waals surface area (Å²) < 4.78 is 26.8. The predicted molar refractivity (Wildman–Crippen MR) is 54.8 cm³/mol. The lowest BCUT2D eigenvalue weighted by atomic mass is 10.5. The molecule has 0 aliphatic rings. The second-order valence-corrected chi connectivity index (χ2v) is 4.81. The molecule has 0 rings (SSSR count). The summed E-state index contributed by atoms with van der Waals surface area (Å²) in [5, 5.41) is 0. The Bertz CT molecular complexity index is 228. The van der Waals surface area contributed by atoms with E-state index in [1.807, 2.05) is 0 Å².